The molecule has 0 aliphatic carbocycles. The molecule has 0 N–H and O–H groups in total. The van der Waals surface area contributed by atoms with Gasteiger partial charge in [-0.15, -0.1) is 0 Å². The summed E-state index contributed by atoms with van der Waals surface area (Å²) < 4.78 is 0. The fraction of sp³-hybridized carbons (Fsp3) is 0. The molecular formula is MnPPdV. The summed E-state index contributed by atoms with van der Waals surface area (Å²) in [5.74, 6) is 0. The molecule has 27 valence electrons. The van der Waals surface area contributed by atoms with Crippen LogP contribution >= 0.6 is 9.90 Å². The van der Waals surface area contributed by atoms with Crippen LogP contribution in [0.2, 0.25) is 0 Å². The zero-order valence-electron chi connectivity index (χ0n) is 1.59. The molecule has 5 radical (unpaired) electrons. The van der Waals surface area contributed by atoms with E-state index in [1.54, 1.807) is 0 Å². The topological polar surface area (TPSA) is 0 Å². The minimum Gasteiger partial charge on any atom is 0 e. The minimum atomic E-state index is 0. The minimum absolute atomic E-state index is 0. The monoisotopic (exact) mass is 243 g/mol. The zero-order chi connectivity index (χ0) is 0. The van der Waals surface area contributed by atoms with E-state index in [9.17, 15) is 0 Å². The molecule has 4 heavy (non-hydrogen) atoms. The van der Waals surface area contributed by atoms with Gasteiger partial charge in [0.25, 0.3) is 0 Å². The Balaban J connectivity index is 0. The van der Waals surface area contributed by atoms with Crippen LogP contribution in [-0.4, -0.2) is 0 Å². The molecule has 0 fully saturated rings. The Morgan fingerprint density at radius 1 is 1.00 bits per heavy atom. The molecule has 0 unspecified atom stereocenters. The van der Waals surface area contributed by atoms with Crippen molar-refractivity contribution in [1.82, 2.24) is 0 Å². The van der Waals surface area contributed by atoms with E-state index < -0.39 is 0 Å². The standard InChI is InChI=1S/Mn.P.Pd.V. The van der Waals surface area contributed by atoms with Crippen molar-refractivity contribution in [2.24, 2.45) is 0 Å². The maximum atomic E-state index is 0. The summed E-state index contributed by atoms with van der Waals surface area (Å²) in [6.45, 7) is 0. The molecular weight excluding hydrogens is 243 g/mol. The molecule has 0 rings (SSSR count). The number of hydrogen-bond donors (Lipinski definition) is 0. The van der Waals surface area contributed by atoms with Crippen molar-refractivity contribution in [3.05, 3.63) is 0 Å². The first-order valence-corrected chi connectivity index (χ1v) is 0. The molecule has 0 nitrogen and oxygen atoms in total. The van der Waals surface area contributed by atoms with E-state index >= 15 is 0 Å². The summed E-state index contributed by atoms with van der Waals surface area (Å²) in [7, 11) is 0. The van der Waals surface area contributed by atoms with E-state index in [4.69, 9.17) is 0 Å². The third-order valence-corrected chi connectivity index (χ3v) is 0. The second-order valence-electron chi connectivity index (χ2n) is 0. The molecule has 0 saturated heterocycles. The summed E-state index contributed by atoms with van der Waals surface area (Å²) in [4.78, 5) is 0. The van der Waals surface area contributed by atoms with Crippen molar-refractivity contribution in [2.45, 2.75) is 0 Å². The van der Waals surface area contributed by atoms with E-state index in [-0.39, 0.29) is 65.9 Å². The molecule has 0 aromatic carbocycles. The van der Waals surface area contributed by atoms with Gasteiger partial charge in [0, 0.05) is 65.9 Å². The van der Waals surface area contributed by atoms with Crippen LogP contribution in [0.5, 0.6) is 0 Å². The van der Waals surface area contributed by atoms with Crippen LogP contribution in [0.15, 0.2) is 0 Å². The van der Waals surface area contributed by atoms with E-state index in [2.05, 4.69) is 0 Å². The van der Waals surface area contributed by atoms with Crippen LogP contribution in [0.25, 0.3) is 0 Å². The van der Waals surface area contributed by atoms with Gasteiger partial charge in [-0.05, 0) is 0 Å². The van der Waals surface area contributed by atoms with Gasteiger partial charge >= 0.3 is 0 Å². The maximum absolute atomic E-state index is 0. The quantitative estimate of drug-likeness (QED) is 0.437. The van der Waals surface area contributed by atoms with Gasteiger partial charge in [0.2, 0.25) is 0 Å². The average molecular weight is 243 g/mol. The number of rotatable bonds is 0. The normalized spacial score (nSPS) is 0. The van der Waals surface area contributed by atoms with Gasteiger partial charge in [-0.1, -0.05) is 0 Å². The van der Waals surface area contributed by atoms with Crippen molar-refractivity contribution in [3.8, 4) is 0 Å². The van der Waals surface area contributed by atoms with Crippen LogP contribution in [0, 0.1) is 0 Å². The maximum Gasteiger partial charge on any atom is 0 e. The first-order chi connectivity index (χ1) is 0. The Hall–Kier alpha value is 2.20. The Kier molecular flexibility index (Phi) is 164. The largest absolute Gasteiger partial charge is 0 e. The van der Waals surface area contributed by atoms with Crippen LogP contribution in [-0.2, 0) is 56.0 Å². The molecule has 0 aliphatic rings. The van der Waals surface area contributed by atoms with Gasteiger partial charge in [-0.3, -0.25) is 0 Å². The third-order valence-electron chi connectivity index (χ3n) is 0. The summed E-state index contributed by atoms with van der Waals surface area (Å²) >= 11 is 0. The van der Waals surface area contributed by atoms with Crippen LogP contribution < -0.4 is 0 Å². The molecule has 0 amide bonds. The second-order valence-corrected chi connectivity index (χ2v) is 0. The van der Waals surface area contributed by atoms with Crippen molar-refractivity contribution >= 4 is 9.90 Å². The first kappa shape index (κ1) is 34.7. The summed E-state index contributed by atoms with van der Waals surface area (Å²) in [5, 5.41) is 0. The average Bonchev–Trinajstić information content (AvgIpc) is 0. The molecule has 0 spiro atoms. The fourth-order valence-electron chi connectivity index (χ4n) is 0. The molecule has 0 bridgehead atoms. The molecule has 0 aliphatic heterocycles. The van der Waals surface area contributed by atoms with Crippen LogP contribution in [0.4, 0.5) is 0 Å². The van der Waals surface area contributed by atoms with Gasteiger partial charge in [0.05, 0.1) is 0 Å². The zero-order valence-corrected chi connectivity index (χ0v) is 6.61. The van der Waals surface area contributed by atoms with Crippen LogP contribution in [0.1, 0.15) is 0 Å². The molecule has 4 heteroatoms. The van der Waals surface area contributed by atoms with Gasteiger partial charge in [0.15, 0.2) is 0 Å². The van der Waals surface area contributed by atoms with Gasteiger partial charge < -0.3 is 0 Å². The Bertz CT molecular complexity index is 8.00. The molecule has 0 atom stereocenters. The predicted molar refractivity (Wildman–Crippen MR) is 6.92 cm³/mol. The van der Waals surface area contributed by atoms with Crippen LogP contribution in [0.3, 0.4) is 0 Å². The SMILES string of the molecule is [Mn].[P].[Pd].[V]. The summed E-state index contributed by atoms with van der Waals surface area (Å²) in [5.41, 5.74) is 0. The van der Waals surface area contributed by atoms with E-state index in [0.717, 1.165) is 0 Å². The summed E-state index contributed by atoms with van der Waals surface area (Å²) in [6, 6.07) is 0. The van der Waals surface area contributed by atoms with Gasteiger partial charge in [-0.25, -0.2) is 0 Å². The van der Waals surface area contributed by atoms with Gasteiger partial charge in [-0.2, -0.15) is 0 Å². The van der Waals surface area contributed by atoms with E-state index in [1.165, 1.54) is 0 Å². The van der Waals surface area contributed by atoms with Crippen molar-refractivity contribution in [1.29, 1.82) is 0 Å². The Labute approximate surface area is 65.5 Å². The molecule has 0 aromatic rings. The van der Waals surface area contributed by atoms with E-state index in [1.807, 2.05) is 0 Å². The Morgan fingerprint density at radius 3 is 1.00 bits per heavy atom. The predicted octanol–water partition coefficient (Wildman–Crippen LogP) is 0.854. The summed E-state index contributed by atoms with van der Waals surface area (Å²) in [6.07, 6.45) is 0. The van der Waals surface area contributed by atoms with E-state index in [0.29, 0.717) is 0 Å². The van der Waals surface area contributed by atoms with Crippen molar-refractivity contribution in [3.63, 3.8) is 0 Å². The first-order valence-electron chi connectivity index (χ1n) is 0. The van der Waals surface area contributed by atoms with Crippen molar-refractivity contribution < 1.29 is 56.0 Å². The fourth-order valence-corrected chi connectivity index (χ4v) is 0. The number of hydrogen-bond acceptors (Lipinski definition) is 0. The Morgan fingerprint density at radius 2 is 1.00 bits per heavy atom. The molecule has 0 heterocycles. The molecule has 0 saturated carbocycles. The van der Waals surface area contributed by atoms with Crippen molar-refractivity contribution in [2.75, 3.05) is 0 Å². The van der Waals surface area contributed by atoms with Gasteiger partial charge in [0.1, 0.15) is 0 Å². The molecule has 0 aromatic heterocycles. The smallest absolute Gasteiger partial charge is 0 e. The second kappa shape index (κ2) is 19.0. The third kappa shape index (κ3) is 8.89.